The van der Waals surface area contributed by atoms with E-state index >= 15 is 0 Å². The zero-order valence-corrected chi connectivity index (χ0v) is 12.3. The van der Waals surface area contributed by atoms with Crippen LogP contribution < -0.4 is 4.74 Å². The van der Waals surface area contributed by atoms with Gasteiger partial charge >= 0.3 is 0 Å². The van der Waals surface area contributed by atoms with Gasteiger partial charge in [-0.15, -0.1) is 11.6 Å². The maximum Gasteiger partial charge on any atom is 0.214 e. The molecule has 19 heavy (non-hydrogen) atoms. The van der Waals surface area contributed by atoms with E-state index in [1.807, 2.05) is 30.3 Å². The first kappa shape index (κ1) is 14.1. The fraction of sp³-hybridized carbons (Fsp3) is 0.438. The number of benzene rings is 1. The number of aromatic nitrogens is 1. The number of rotatable bonds is 6. The van der Waals surface area contributed by atoms with Gasteiger partial charge in [-0.1, -0.05) is 38.5 Å². The quantitative estimate of drug-likeness (QED) is 0.708. The standard InChI is InChI=1S/C16H20ClNO/c1-3-6-12(2)11-19-16-9-13(10-17)14-7-4-5-8-15(14)18-16/h4-5,7-9,12H,3,6,10-11H2,1-2H3. The fourth-order valence-electron chi connectivity index (χ4n) is 2.21. The average molecular weight is 278 g/mol. The van der Waals surface area contributed by atoms with Crippen LogP contribution in [0.4, 0.5) is 0 Å². The molecule has 1 unspecified atom stereocenters. The predicted octanol–water partition coefficient (Wildman–Crippen LogP) is 4.79. The summed E-state index contributed by atoms with van der Waals surface area (Å²) >= 11 is 6.01. The van der Waals surface area contributed by atoms with Crippen LogP contribution >= 0.6 is 11.6 Å². The first-order valence-electron chi connectivity index (χ1n) is 6.82. The van der Waals surface area contributed by atoms with Crippen molar-refractivity contribution in [3.63, 3.8) is 0 Å². The van der Waals surface area contributed by atoms with Crippen molar-refractivity contribution in [2.24, 2.45) is 5.92 Å². The minimum absolute atomic E-state index is 0.476. The third-order valence-electron chi connectivity index (χ3n) is 3.22. The van der Waals surface area contributed by atoms with Crippen LogP contribution in [0, 0.1) is 5.92 Å². The molecule has 1 aromatic carbocycles. The van der Waals surface area contributed by atoms with Crippen molar-refractivity contribution in [1.29, 1.82) is 0 Å². The topological polar surface area (TPSA) is 22.1 Å². The number of nitrogens with zero attached hydrogens (tertiary/aromatic N) is 1. The van der Waals surface area contributed by atoms with E-state index in [0.29, 0.717) is 24.3 Å². The lowest BCUT2D eigenvalue weighted by molar-refractivity contribution is 0.243. The summed E-state index contributed by atoms with van der Waals surface area (Å²) in [6, 6.07) is 9.98. The molecule has 0 saturated heterocycles. The summed E-state index contributed by atoms with van der Waals surface area (Å²) < 4.78 is 5.80. The highest BCUT2D eigenvalue weighted by molar-refractivity contribution is 6.18. The highest BCUT2D eigenvalue weighted by Gasteiger charge is 2.07. The van der Waals surface area contributed by atoms with Gasteiger partial charge in [-0.3, -0.25) is 0 Å². The second-order valence-corrected chi connectivity index (χ2v) is 5.24. The van der Waals surface area contributed by atoms with Crippen LogP contribution in [0.5, 0.6) is 5.88 Å². The molecule has 0 aliphatic carbocycles. The van der Waals surface area contributed by atoms with Crippen molar-refractivity contribution in [1.82, 2.24) is 4.98 Å². The maximum atomic E-state index is 6.01. The van der Waals surface area contributed by atoms with Crippen LogP contribution in [-0.4, -0.2) is 11.6 Å². The van der Waals surface area contributed by atoms with Crippen LogP contribution in [0.1, 0.15) is 32.3 Å². The molecule has 0 spiro atoms. The van der Waals surface area contributed by atoms with Crippen molar-refractivity contribution in [3.05, 3.63) is 35.9 Å². The molecule has 2 nitrogen and oxygen atoms in total. The van der Waals surface area contributed by atoms with Crippen LogP contribution in [0.25, 0.3) is 10.9 Å². The molecule has 0 fully saturated rings. The Kier molecular flexibility index (Phi) is 5.03. The smallest absolute Gasteiger partial charge is 0.214 e. The molecule has 0 aliphatic heterocycles. The van der Waals surface area contributed by atoms with Crippen LogP contribution in [0.2, 0.25) is 0 Å². The van der Waals surface area contributed by atoms with E-state index in [9.17, 15) is 0 Å². The van der Waals surface area contributed by atoms with E-state index in [1.54, 1.807) is 0 Å². The number of halogens is 1. The Bertz CT molecular complexity index is 541. The molecular formula is C16H20ClNO. The van der Waals surface area contributed by atoms with Gasteiger partial charge in [0.05, 0.1) is 12.1 Å². The number of pyridine rings is 1. The summed E-state index contributed by atoms with van der Waals surface area (Å²) in [5, 5.41) is 1.10. The fourth-order valence-corrected chi connectivity index (χ4v) is 2.43. The van der Waals surface area contributed by atoms with E-state index in [2.05, 4.69) is 18.8 Å². The van der Waals surface area contributed by atoms with Crippen molar-refractivity contribution >= 4 is 22.5 Å². The lowest BCUT2D eigenvalue weighted by Crippen LogP contribution is -2.09. The molecule has 2 aromatic rings. The molecule has 1 heterocycles. The van der Waals surface area contributed by atoms with Gasteiger partial charge < -0.3 is 4.74 Å². The SMILES string of the molecule is CCCC(C)COc1cc(CCl)c2ccccc2n1. The first-order chi connectivity index (χ1) is 9.24. The molecule has 102 valence electrons. The van der Waals surface area contributed by atoms with Crippen molar-refractivity contribution < 1.29 is 4.74 Å². The van der Waals surface area contributed by atoms with Gasteiger partial charge in [0.2, 0.25) is 5.88 Å². The Labute approximate surface area is 119 Å². The summed E-state index contributed by atoms with van der Waals surface area (Å²) in [6.45, 7) is 5.10. The van der Waals surface area contributed by atoms with E-state index in [1.165, 1.54) is 12.8 Å². The summed E-state index contributed by atoms with van der Waals surface area (Å²) in [4.78, 5) is 4.54. The zero-order valence-electron chi connectivity index (χ0n) is 11.5. The third-order valence-corrected chi connectivity index (χ3v) is 3.51. The summed E-state index contributed by atoms with van der Waals surface area (Å²) in [6.07, 6.45) is 2.36. The van der Waals surface area contributed by atoms with Gasteiger partial charge in [0.25, 0.3) is 0 Å². The van der Waals surface area contributed by atoms with Gasteiger partial charge in [0, 0.05) is 17.3 Å². The Hall–Kier alpha value is -1.28. The molecule has 0 bridgehead atoms. The molecule has 2 rings (SSSR count). The molecule has 0 radical (unpaired) electrons. The summed E-state index contributed by atoms with van der Waals surface area (Å²) in [5.41, 5.74) is 2.02. The number of fused-ring (bicyclic) bond motifs is 1. The lowest BCUT2D eigenvalue weighted by atomic mass is 10.1. The minimum Gasteiger partial charge on any atom is -0.477 e. The predicted molar refractivity (Wildman–Crippen MR) is 80.9 cm³/mol. The number of para-hydroxylation sites is 1. The van der Waals surface area contributed by atoms with E-state index in [4.69, 9.17) is 16.3 Å². The summed E-state index contributed by atoms with van der Waals surface area (Å²) in [7, 11) is 0. The van der Waals surface area contributed by atoms with Gasteiger partial charge in [0.1, 0.15) is 0 Å². The molecular weight excluding hydrogens is 258 g/mol. The van der Waals surface area contributed by atoms with Crippen LogP contribution in [0.15, 0.2) is 30.3 Å². The van der Waals surface area contributed by atoms with E-state index in [0.717, 1.165) is 16.5 Å². The Balaban J connectivity index is 2.19. The molecule has 0 saturated carbocycles. The van der Waals surface area contributed by atoms with E-state index in [-0.39, 0.29) is 0 Å². The molecule has 1 aromatic heterocycles. The number of alkyl halides is 1. The van der Waals surface area contributed by atoms with Crippen molar-refractivity contribution in [3.8, 4) is 5.88 Å². The Morgan fingerprint density at radius 1 is 1.32 bits per heavy atom. The van der Waals surface area contributed by atoms with Gasteiger partial charge in [-0.05, 0) is 24.0 Å². The largest absolute Gasteiger partial charge is 0.477 e. The molecule has 1 atom stereocenters. The average Bonchev–Trinajstić information content (AvgIpc) is 2.44. The molecule has 0 aliphatic rings. The number of hydrogen-bond donors (Lipinski definition) is 0. The third kappa shape index (κ3) is 3.60. The number of hydrogen-bond acceptors (Lipinski definition) is 2. The molecule has 0 amide bonds. The first-order valence-corrected chi connectivity index (χ1v) is 7.35. The zero-order chi connectivity index (χ0) is 13.7. The second kappa shape index (κ2) is 6.76. The number of ether oxygens (including phenoxy) is 1. The van der Waals surface area contributed by atoms with E-state index < -0.39 is 0 Å². The maximum absolute atomic E-state index is 6.01. The molecule has 3 heteroatoms. The highest BCUT2D eigenvalue weighted by atomic mass is 35.5. The second-order valence-electron chi connectivity index (χ2n) is 4.98. The van der Waals surface area contributed by atoms with Crippen LogP contribution in [0.3, 0.4) is 0 Å². The molecule has 0 N–H and O–H groups in total. The summed E-state index contributed by atoms with van der Waals surface area (Å²) in [5.74, 6) is 1.71. The van der Waals surface area contributed by atoms with Gasteiger partial charge in [-0.25, -0.2) is 4.98 Å². The van der Waals surface area contributed by atoms with Crippen molar-refractivity contribution in [2.75, 3.05) is 6.61 Å². The van der Waals surface area contributed by atoms with Gasteiger partial charge in [-0.2, -0.15) is 0 Å². The lowest BCUT2D eigenvalue weighted by Gasteiger charge is -2.13. The van der Waals surface area contributed by atoms with Gasteiger partial charge in [0.15, 0.2) is 0 Å². The monoisotopic (exact) mass is 277 g/mol. The minimum atomic E-state index is 0.476. The van der Waals surface area contributed by atoms with Crippen molar-refractivity contribution in [2.45, 2.75) is 32.6 Å². The Morgan fingerprint density at radius 3 is 2.84 bits per heavy atom. The Morgan fingerprint density at radius 2 is 2.11 bits per heavy atom. The highest BCUT2D eigenvalue weighted by Crippen LogP contribution is 2.23. The van der Waals surface area contributed by atoms with Crippen LogP contribution in [-0.2, 0) is 5.88 Å². The normalized spacial score (nSPS) is 12.6.